The highest BCUT2D eigenvalue weighted by atomic mass is 16.4. The Morgan fingerprint density at radius 3 is 2.95 bits per heavy atom. The highest BCUT2D eigenvalue weighted by Crippen LogP contribution is 2.36. The number of aliphatic hydroxyl groups is 1. The van der Waals surface area contributed by atoms with Crippen LogP contribution in [0.2, 0.25) is 0 Å². The van der Waals surface area contributed by atoms with E-state index in [1.807, 2.05) is 6.92 Å². The second-order valence-electron chi connectivity index (χ2n) is 5.43. The van der Waals surface area contributed by atoms with E-state index in [-0.39, 0.29) is 18.1 Å². The van der Waals surface area contributed by atoms with Crippen molar-refractivity contribution >= 4 is 17.7 Å². The standard InChI is InChI=1S/C13H20N4O4/c1-2-4-13(11(20)21)7-17(5-3-8(13)18)9-6-10(19)16-12(14)15-9/h6,8,18H,2-5,7H2,1H3,(H,20,21)(H3,14,15,16,19)/t8-,13+/m0/s1. The number of carboxylic acid groups (broad SMARTS) is 1. The summed E-state index contributed by atoms with van der Waals surface area (Å²) in [5, 5.41) is 19.7. The van der Waals surface area contributed by atoms with Crippen LogP contribution in [0.5, 0.6) is 0 Å². The molecule has 1 fully saturated rings. The largest absolute Gasteiger partial charge is 0.481 e. The topological polar surface area (TPSA) is 133 Å². The lowest BCUT2D eigenvalue weighted by Gasteiger charge is -2.43. The van der Waals surface area contributed by atoms with Gasteiger partial charge in [0.2, 0.25) is 5.95 Å². The molecule has 1 aromatic heterocycles. The van der Waals surface area contributed by atoms with Crippen LogP contribution < -0.4 is 16.2 Å². The molecule has 0 spiro atoms. The number of nitrogen functional groups attached to an aromatic ring is 1. The minimum Gasteiger partial charge on any atom is -0.481 e. The first-order chi connectivity index (χ1) is 9.89. The molecular formula is C13H20N4O4. The molecule has 0 unspecified atom stereocenters. The van der Waals surface area contributed by atoms with Crippen molar-refractivity contribution in [3.8, 4) is 0 Å². The third-order valence-corrected chi connectivity index (χ3v) is 3.98. The molecule has 1 aliphatic rings. The molecule has 116 valence electrons. The zero-order valence-corrected chi connectivity index (χ0v) is 11.9. The number of carbonyl (C=O) groups is 1. The van der Waals surface area contributed by atoms with Crippen LogP contribution in [0, 0.1) is 5.41 Å². The monoisotopic (exact) mass is 296 g/mol. The van der Waals surface area contributed by atoms with Gasteiger partial charge in [0.05, 0.1) is 6.10 Å². The molecule has 0 aliphatic carbocycles. The maximum atomic E-state index is 11.7. The van der Waals surface area contributed by atoms with E-state index in [1.54, 1.807) is 4.90 Å². The van der Waals surface area contributed by atoms with Gasteiger partial charge in [-0.25, -0.2) is 0 Å². The number of aromatic nitrogens is 2. The average Bonchev–Trinajstić information content (AvgIpc) is 2.40. The predicted octanol–water partition coefficient (Wildman–Crippen LogP) is -0.206. The molecular weight excluding hydrogens is 276 g/mol. The van der Waals surface area contributed by atoms with Crippen molar-refractivity contribution in [2.24, 2.45) is 5.41 Å². The highest BCUT2D eigenvalue weighted by Gasteiger charge is 2.48. The third kappa shape index (κ3) is 2.85. The second kappa shape index (κ2) is 5.72. The summed E-state index contributed by atoms with van der Waals surface area (Å²) in [5.74, 6) is -0.704. The molecule has 1 saturated heterocycles. The van der Waals surface area contributed by atoms with Crippen molar-refractivity contribution in [3.05, 3.63) is 16.4 Å². The fraction of sp³-hybridized carbons (Fsp3) is 0.615. The van der Waals surface area contributed by atoms with Gasteiger partial charge in [-0.3, -0.25) is 14.6 Å². The van der Waals surface area contributed by atoms with Gasteiger partial charge in [-0.2, -0.15) is 4.98 Å². The average molecular weight is 296 g/mol. The number of hydrogen-bond acceptors (Lipinski definition) is 6. The predicted molar refractivity (Wildman–Crippen MR) is 77.1 cm³/mol. The van der Waals surface area contributed by atoms with Crippen LogP contribution in [0.4, 0.5) is 11.8 Å². The smallest absolute Gasteiger partial charge is 0.314 e. The molecule has 1 aromatic rings. The lowest BCUT2D eigenvalue weighted by molar-refractivity contribution is -0.158. The summed E-state index contributed by atoms with van der Waals surface area (Å²) < 4.78 is 0. The van der Waals surface area contributed by atoms with Crippen LogP contribution in [-0.4, -0.2) is 45.3 Å². The Balaban J connectivity index is 2.35. The number of rotatable bonds is 4. The molecule has 5 N–H and O–H groups in total. The summed E-state index contributed by atoms with van der Waals surface area (Å²) in [6.45, 7) is 2.41. The minimum absolute atomic E-state index is 0.0139. The SMILES string of the molecule is CCC[C@@]1(C(=O)O)CN(c2cc(=O)[nH]c(N)n2)CC[C@@H]1O. The Morgan fingerprint density at radius 2 is 2.38 bits per heavy atom. The van der Waals surface area contributed by atoms with E-state index in [1.165, 1.54) is 6.07 Å². The summed E-state index contributed by atoms with van der Waals surface area (Å²) in [5.41, 5.74) is 3.89. The Labute approximate surface area is 121 Å². The van der Waals surface area contributed by atoms with Gasteiger partial charge in [0.1, 0.15) is 11.2 Å². The van der Waals surface area contributed by atoms with Crippen molar-refractivity contribution in [1.82, 2.24) is 9.97 Å². The van der Waals surface area contributed by atoms with E-state index in [0.29, 0.717) is 31.6 Å². The van der Waals surface area contributed by atoms with Crippen molar-refractivity contribution in [2.75, 3.05) is 23.7 Å². The van der Waals surface area contributed by atoms with Gasteiger partial charge in [0.15, 0.2) is 0 Å². The molecule has 2 heterocycles. The van der Waals surface area contributed by atoms with E-state index >= 15 is 0 Å². The quantitative estimate of drug-likeness (QED) is 0.604. The fourth-order valence-corrected chi connectivity index (χ4v) is 2.91. The summed E-state index contributed by atoms with van der Waals surface area (Å²) in [7, 11) is 0. The van der Waals surface area contributed by atoms with Crippen LogP contribution in [0.1, 0.15) is 26.2 Å². The Morgan fingerprint density at radius 1 is 1.67 bits per heavy atom. The van der Waals surface area contributed by atoms with Gasteiger partial charge in [-0.15, -0.1) is 0 Å². The number of nitrogens with one attached hydrogen (secondary N) is 1. The molecule has 0 amide bonds. The van der Waals surface area contributed by atoms with Gasteiger partial charge < -0.3 is 20.8 Å². The van der Waals surface area contributed by atoms with E-state index in [4.69, 9.17) is 5.73 Å². The molecule has 2 atom stereocenters. The van der Waals surface area contributed by atoms with Gasteiger partial charge in [-0.1, -0.05) is 13.3 Å². The third-order valence-electron chi connectivity index (χ3n) is 3.98. The minimum atomic E-state index is -1.24. The number of hydrogen-bond donors (Lipinski definition) is 4. The van der Waals surface area contributed by atoms with Crippen LogP contribution >= 0.6 is 0 Å². The molecule has 0 radical (unpaired) electrons. The van der Waals surface area contributed by atoms with Crippen LogP contribution in [0.25, 0.3) is 0 Å². The van der Waals surface area contributed by atoms with Gasteiger partial charge in [-0.05, 0) is 12.8 Å². The van der Waals surface area contributed by atoms with Crippen molar-refractivity contribution in [3.63, 3.8) is 0 Å². The maximum absolute atomic E-state index is 11.7. The fourth-order valence-electron chi connectivity index (χ4n) is 2.91. The first-order valence-corrected chi connectivity index (χ1v) is 6.92. The van der Waals surface area contributed by atoms with Gasteiger partial charge in [0, 0.05) is 19.2 Å². The maximum Gasteiger partial charge on any atom is 0.314 e. The number of aromatic amines is 1. The Kier molecular flexibility index (Phi) is 4.17. The normalized spacial score (nSPS) is 25.8. The second-order valence-corrected chi connectivity index (χ2v) is 5.43. The molecule has 21 heavy (non-hydrogen) atoms. The van der Waals surface area contributed by atoms with Crippen LogP contribution in [0.15, 0.2) is 10.9 Å². The number of nitrogens with zero attached hydrogens (tertiary/aromatic N) is 2. The number of aliphatic hydroxyl groups excluding tert-OH is 1. The van der Waals surface area contributed by atoms with E-state index < -0.39 is 17.5 Å². The summed E-state index contributed by atoms with van der Waals surface area (Å²) in [4.78, 5) is 31.2. The molecule has 0 saturated carbocycles. The number of H-pyrrole nitrogens is 1. The lowest BCUT2D eigenvalue weighted by Crippen LogP contribution is -2.56. The zero-order valence-electron chi connectivity index (χ0n) is 11.9. The van der Waals surface area contributed by atoms with Crippen molar-refractivity contribution in [2.45, 2.75) is 32.3 Å². The highest BCUT2D eigenvalue weighted by molar-refractivity contribution is 5.77. The molecule has 8 nitrogen and oxygen atoms in total. The van der Waals surface area contributed by atoms with Crippen molar-refractivity contribution < 1.29 is 15.0 Å². The van der Waals surface area contributed by atoms with Gasteiger partial charge >= 0.3 is 5.97 Å². The Bertz CT molecular complexity index is 588. The molecule has 0 aromatic carbocycles. The number of anilines is 2. The van der Waals surface area contributed by atoms with E-state index in [2.05, 4.69) is 9.97 Å². The zero-order chi connectivity index (χ0) is 15.6. The number of aliphatic carboxylic acids is 1. The number of piperidine rings is 1. The summed E-state index contributed by atoms with van der Waals surface area (Å²) >= 11 is 0. The van der Waals surface area contributed by atoms with Gasteiger partial charge in [0.25, 0.3) is 5.56 Å². The molecule has 8 heteroatoms. The first kappa shape index (κ1) is 15.3. The Hall–Kier alpha value is -2.09. The lowest BCUT2D eigenvalue weighted by atomic mass is 9.74. The van der Waals surface area contributed by atoms with E-state index in [9.17, 15) is 19.8 Å². The first-order valence-electron chi connectivity index (χ1n) is 6.92. The number of nitrogens with two attached hydrogens (primary N) is 1. The summed E-state index contributed by atoms with van der Waals surface area (Å²) in [6, 6.07) is 1.28. The molecule has 0 bridgehead atoms. The van der Waals surface area contributed by atoms with Crippen molar-refractivity contribution in [1.29, 1.82) is 0 Å². The molecule has 2 rings (SSSR count). The van der Waals surface area contributed by atoms with Crippen LogP contribution in [-0.2, 0) is 4.79 Å². The summed E-state index contributed by atoms with van der Waals surface area (Å²) in [6.07, 6.45) is 0.396. The van der Waals surface area contributed by atoms with Crippen LogP contribution in [0.3, 0.4) is 0 Å². The number of carboxylic acids is 1. The van der Waals surface area contributed by atoms with E-state index in [0.717, 1.165) is 0 Å². The molecule has 1 aliphatic heterocycles.